The second-order valence-corrected chi connectivity index (χ2v) is 5.20. The van der Waals surface area contributed by atoms with Gasteiger partial charge in [-0.2, -0.15) is 0 Å². The van der Waals surface area contributed by atoms with Crippen molar-refractivity contribution in [1.29, 1.82) is 0 Å². The van der Waals surface area contributed by atoms with E-state index in [9.17, 15) is 9.59 Å². The Morgan fingerprint density at radius 3 is 2.20 bits per heavy atom. The number of benzene rings is 2. The van der Waals surface area contributed by atoms with Gasteiger partial charge in [0.2, 0.25) is 5.91 Å². The maximum Gasteiger partial charge on any atom is 0.269 e. The lowest BCUT2D eigenvalue weighted by Crippen LogP contribution is -2.41. The minimum Gasteiger partial charge on any atom is -0.490 e. The number of hydrogen-bond donors (Lipinski definition) is 2. The number of nitrogens with one attached hydrogen (secondary N) is 2. The van der Waals surface area contributed by atoms with E-state index in [2.05, 4.69) is 10.9 Å². The number of carbonyl (C=O) groups excluding carboxylic acids is 2. The van der Waals surface area contributed by atoms with Crippen LogP contribution in [0.1, 0.15) is 30.1 Å². The first-order valence-corrected chi connectivity index (χ1v) is 8.19. The molecular weight excluding hydrogens is 320 g/mol. The van der Waals surface area contributed by atoms with Gasteiger partial charge in [0.15, 0.2) is 11.5 Å². The topological polar surface area (TPSA) is 76.7 Å². The molecule has 0 bridgehead atoms. The molecule has 0 aliphatic heterocycles. The van der Waals surface area contributed by atoms with Gasteiger partial charge in [0, 0.05) is 12.0 Å². The molecule has 0 spiro atoms. The Kier molecular flexibility index (Phi) is 7.31. The summed E-state index contributed by atoms with van der Waals surface area (Å²) in [5.74, 6) is 0.716. The summed E-state index contributed by atoms with van der Waals surface area (Å²) >= 11 is 0. The van der Waals surface area contributed by atoms with E-state index in [0.29, 0.717) is 36.7 Å². The molecule has 2 amide bonds. The maximum atomic E-state index is 11.8. The summed E-state index contributed by atoms with van der Waals surface area (Å²) in [6, 6.07) is 16.1. The Bertz CT molecular complexity index is 689. The van der Waals surface area contributed by atoms with E-state index < -0.39 is 0 Å². The Morgan fingerprint density at radius 2 is 1.52 bits per heavy atom. The number of ether oxygens (including phenoxy) is 2. The van der Waals surface area contributed by atoms with Crippen LogP contribution < -0.4 is 20.3 Å². The van der Waals surface area contributed by atoms with Gasteiger partial charge in [0.05, 0.1) is 13.2 Å². The molecule has 0 aliphatic rings. The molecule has 0 aromatic heterocycles. The molecule has 2 rings (SSSR count). The van der Waals surface area contributed by atoms with Gasteiger partial charge in [-0.25, -0.2) is 0 Å². The molecule has 0 fully saturated rings. The quantitative estimate of drug-likeness (QED) is 0.571. The first-order valence-electron chi connectivity index (χ1n) is 8.19. The lowest BCUT2D eigenvalue weighted by Gasteiger charge is -2.11. The van der Waals surface area contributed by atoms with Gasteiger partial charge in [0.25, 0.3) is 5.91 Å². The Morgan fingerprint density at radius 1 is 0.880 bits per heavy atom. The Hall–Kier alpha value is -3.02. The number of carbonyl (C=O) groups is 2. The highest BCUT2D eigenvalue weighted by molar-refractivity contribution is 5.95. The molecule has 132 valence electrons. The highest BCUT2D eigenvalue weighted by atomic mass is 16.5. The van der Waals surface area contributed by atoms with Crippen LogP contribution in [-0.2, 0) is 4.79 Å². The summed E-state index contributed by atoms with van der Waals surface area (Å²) < 4.78 is 11.1. The molecule has 25 heavy (non-hydrogen) atoms. The number of para-hydroxylation sites is 2. The van der Waals surface area contributed by atoms with Gasteiger partial charge >= 0.3 is 0 Å². The third kappa shape index (κ3) is 6.18. The number of rotatable bonds is 8. The fourth-order valence-electron chi connectivity index (χ4n) is 2.11. The SMILES string of the molecule is CCOc1ccccc1OCCCC(=O)NNC(=O)c1ccccc1. The van der Waals surface area contributed by atoms with Crippen LogP contribution in [0.15, 0.2) is 54.6 Å². The van der Waals surface area contributed by atoms with Crippen LogP contribution >= 0.6 is 0 Å². The molecule has 0 heterocycles. The van der Waals surface area contributed by atoms with Crippen molar-refractivity contribution in [2.75, 3.05) is 13.2 Å². The summed E-state index contributed by atoms with van der Waals surface area (Å²) in [6.45, 7) is 2.85. The molecule has 0 aliphatic carbocycles. The second kappa shape index (κ2) is 9.97. The van der Waals surface area contributed by atoms with E-state index in [4.69, 9.17) is 9.47 Å². The van der Waals surface area contributed by atoms with Crippen LogP contribution in [0, 0.1) is 0 Å². The van der Waals surface area contributed by atoms with Gasteiger partial charge in [-0.1, -0.05) is 30.3 Å². The molecular formula is C19H22N2O4. The lowest BCUT2D eigenvalue weighted by molar-refractivity contribution is -0.122. The van der Waals surface area contributed by atoms with Crippen LogP contribution in [0.4, 0.5) is 0 Å². The largest absolute Gasteiger partial charge is 0.490 e. The van der Waals surface area contributed by atoms with Crippen molar-refractivity contribution in [3.05, 3.63) is 60.2 Å². The molecule has 0 atom stereocenters. The van der Waals surface area contributed by atoms with E-state index in [1.54, 1.807) is 24.3 Å². The van der Waals surface area contributed by atoms with Gasteiger partial charge < -0.3 is 9.47 Å². The fraction of sp³-hybridized carbons (Fsp3) is 0.263. The smallest absolute Gasteiger partial charge is 0.269 e. The van der Waals surface area contributed by atoms with Crippen molar-refractivity contribution < 1.29 is 19.1 Å². The molecule has 6 heteroatoms. The minimum absolute atomic E-state index is 0.242. The molecule has 0 radical (unpaired) electrons. The van der Waals surface area contributed by atoms with E-state index in [1.807, 2.05) is 37.3 Å². The van der Waals surface area contributed by atoms with Crippen molar-refractivity contribution in [2.24, 2.45) is 0 Å². The zero-order chi connectivity index (χ0) is 17.9. The van der Waals surface area contributed by atoms with Crippen molar-refractivity contribution in [3.63, 3.8) is 0 Å². The monoisotopic (exact) mass is 342 g/mol. The molecule has 2 aromatic carbocycles. The van der Waals surface area contributed by atoms with E-state index in [1.165, 1.54) is 0 Å². The second-order valence-electron chi connectivity index (χ2n) is 5.20. The standard InChI is InChI=1S/C19H22N2O4/c1-2-24-16-11-6-7-12-17(16)25-14-8-13-18(22)20-21-19(23)15-9-4-3-5-10-15/h3-7,9-12H,2,8,13-14H2,1H3,(H,20,22)(H,21,23). The normalized spacial score (nSPS) is 9.96. The van der Waals surface area contributed by atoms with Crippen molar-refractivity contribution in [2.45, 2.75) is 19.8 Å². The molecule has 0 unspecified atom stereocenters. The average molecular weight is 342 g/mol. The lowest BCUT2D eigenvalue weighted by atomic mass is 10.2. The van der Waals surface area contributed by atoms with Crippen LogP contribution in [0.25, 0.3) is 0 Å². The van der Waals surface area contributed by atoms with Crippen LogP contribution in [0.2, 0.25) is 0 Å². The van der Waals surface area contributed by atoms with Gasteiger partial charge in [-0.15, -0.1) is 0 Å². The van der Waals surface area contributed by atoms with Crippen LogP contribution in [-0.4, -0.2) is 25.0 Å². The zero-order valence-electron chi connectivity index (χ0n) is 14.2. The summed E-state index contributed by atoms with van der Waals surface area (Å²) in [5.41, 5.74) is 5.26. The fourth-order valence-corrected chi connectivity index (χ4v) is 2.11. The van der Waals surface area contributed by atoms with Crippen LogP contribution in [0.5, 0.6) is 11.5 Å². The highest BCUT2D eigenvalue weighted by Crippen LogP contribution is 2.26. The number of hydrogen-bond acceptors (Lipinski definition) is 4. The van der Waals surface area contributed by atoms with Gasteiger partial charge in [0.1, 0.15) is 0 Å². The van der Waals surface area contributed by atoms with Crippen molar-refractivity contribution in [1.82, 2.24) is 10.9 Å². The summed E-state index contributed by atoms with van der Waals surface area (Å²) in [6.07, 6.45) is 0.763. The zero-order valence-corrected chi connectivity index (χ0v) is 14.2. The predicted octanol–water partition coefficient (Wildman–Crippen LogP) is 2.71. The minimum atomic E-state index is -0.351. The first-order chi connectivity index (χ1) is 12.2. The number of amides is 2. The summed E-state index contributed by atoms with van der Waals surface area (Å²) in [5, 5.41) is 0. The molecule has 6 nitrogen and oxygen atoms in total. The third-order valence-electron chi connectivity index (χ3n) is 3.31. The van der Waals surface area contributed by atoms with Crippen molar-refractivity contribution >= 4 is 11.8 Å². The van der Waals surface area contributed by atoms with Crippen LogP contribution in [0.3, 0.4) is 0 Å². The first kappa shape index (κ1) is 18.3. The highest BCUT2D eigenvalue weighted by Gasteiger charge is 2.07. The maximum absolute atomic E-state index is 11.8. The van der Waals surface area contributed by atoms with Crippen molar-refractivity contribution in [3.8, 4) is 11.5 Å². The Balaban J connectivity index is 1.66. The third-order valence-corrected chi connectivity index (χ3v) is 3.31. The van der Waals surface area contributed by atoms with Gasteiger partial charge in [-0.05, 0) is 37.6 Å². The molecule has 0 saturated heterocycles. The van der Waals surface area contributed by atoms with Gasteiger partial charge in [-0.3, -0.25) is 20.4 Å². The molecule has 0 saturated carbocycles. The molecule has 2 aromatic rings. The molecule has 2 N–H and O–H groups in total. The predicted molar refractivity (Wildman–Crippen MR) is 94.4 cm³/mol. The number of hydrazine groups is 1. The van der Waals surface area contributed by atoms with E-state index >= 15 is 0 Å². The summed E-state index contributed by atoms with van der Waals surface area (Å²) in [7, 11) is 0. The van der Waals surface area contributed by atoms with E-state index in [-0.39, 0.29) is 18.2 Å². The average Bonchev–Trinajstić information content (AvgIpc) is 2.65. The Labute approximate surface area is 147 Å². The van der Waals surface area contributed by atoms with E-state index in [0.717, 1.165) is 0 Å². The summed E-state index contributed by atoms with van der Waals surface area (Å²) in [4.78, 5) is 23.6.